The van der Waals surface area contributed by atoms with Crippen LogP contribution in [0.4, 0.5) is 4.39 Å². The van der Waals surface area contributed by atoms with E-state index in [4.69, 9.17) is 9.47 Å². The third-order valence-corrected chi connectivity index (χ3v) is 3.31. The molecule has 17 heavy (non-hydrogen) atoms. The summed E-state index contributed by atoms with van der Waals surface area (Å²) >= 11 is 0. The van der Waals surface area contributed by atoms with Gasteiger partial charge in [-0.25, -0.2) is 4.39 Å². The van der Waals surface area contributed by atoms with E-state index < -0.39 is 11.4 Å². The molecule has 0 saturated heterocycles. The average molecular weight is 238 g/mol. The van der Waals surface area contributed by atoms with Crippen LogP contribution in [0.1, 0.15) is 30.6 Å². The molecule has 0 saturated carbocycles. The van der Waals surface area contributed by atoms with E-state index in [9.17, 15) is 9.18 Å². The first-order valence-electron chi connectivity index (χ1n) is 5.51. The van der Waals surface area contributed by atoms with Crippen molar-refractivity contribution in [1.82, 2.24) is 0 Å². The number of halogens is 1. The summed E-state index contributed by atoms with van der Waals surface area (Å²) in [4.78, 5) is 12.0. The molecule has 0 bridgehead atoms. The molecule has 0 amide bonds. The summed E-state index contributed by atoms with van der Waals surface area (Å²) in [6.45, 7) is 3.63. The lowest BCUT2D eigenvalue weighted by molar-refractivity contribution is -0.0589. The second kappa shape index (κ2) is 4.11. The summed E-state index contributed by atoms with van der Waals surface area (Å²) in [5.41, 5.74) is -0.306. The topological polar surface area (TPSA) is 35.5 Å². The molecule has 0 fully saturated rings. The number of carbonyl (C=O) groups excluding carboxylic acids is 1. The smallest absolute Gasteiger partial charge is 0.170 e. The van der Waals surface area contributed by atoms with E-state index in [-0.39, 0.29) is 18.3 Å². The third kappa shape index (κ3) is 2.05. The zero-order chi connectivity index (χ0) is 12.6. The van der Waals surface area contributed by atoms with E-state index in [0.717, 1.165) is 0 Å². The normalized spacial score (nSPS) is 25.1. The predicted molar refractivity (Wildman–Crippen MR) is 60.9 cm³/mol. The summed E-state index contributed by atoms with van der Waals surface area (Å²) in [5, 5.41) is 0. The van der Waals surface area contributed by atoms with Gasteiger partial charge in [-0.15, -0.1) is 0 Å². The number of hydrogen-bond acceptors (Lipinski definition) is 3. The number of ether oxygens (including phenoxy) is 2. The molecule has 1 heterocycles. The van der Waals surface area contributed by atoms with E-state index in [1.165, 1.54) is 18.2 Å². The van der Waals surface area contributed by atoms with Crippen molar-refractivity contribution in [3.8, 4) is 5.75 Å². The van der Waals surface area contributed by atoms with Gasteiger partial charge in [-0.3, -0.25) is 4.79 Å². The van der Waals surface area contributed by atoms with Crippen LogP contribution in [0.2, 0.25) is 0 Å². The van der Waals surface area contributed by atoms with Crippen LogP contribution in [-0.4, -0.2) is 24.6 Å². The quantitative estimate of drug-likeness (QED) is 0.794. The number of benzene rings is 1. The van der Waals surface area contributed by atoms with Gasteiger partial charge in [0.1, 0.15) is 17.2 Å². The maximum atomic E-state index is 13.1. The van der Waals surface area contributed by atoms with Crippen molar-refractivity contribution in [2.24, 2.45) is 0 Å². The fraction of sp³-hybridized carbons (Fsp3) is 0.462. The molecule has 0 N–H and O–H groups in total. The van der Waals surface area contributed by atoms with Gasteiger partial charge in [-0.05, 0) is 26.0 Å². The van der Waals surface area contributed by atoms with Gasteiger partial charge >= 0.3 is 0 Å². The van der Waals surface area contributed by atoms with Gasteiger partial charge in [0.15, 0.2) is 5.78 Å². The van der Waals surface area contributed by atoms with Gasteiger partial charge in [0.05, 0.1) is 18.1 Å². The van der Waals surface area contributed by atoms with Gasteiger partial charge in [0.25, 0.3) is 0 Å². The van der Waals surface area contributed by atoms with Crippen molar-refractivity contribution >= 4 is 5.78 Å². The number of Topliss-reactive ketones (excluding diaryl/α,β-unsaturated/α-hetero) is 1. The molecule has 0 radical (unpaired) electrons. The Morgan fingerprint density at radius 1 is 1.53 bits per heavy atom. The molecule has 2 unspecified atom stereocenters. The Hall–Kier alpha value is -1.42. The minimum atomic E-state index is -0.743. The van der Waals surface area contributed by atoms with E-state index in [0.29, 0.717) is 11.3 Å². The number of hydrogen-bond donors (Lipinski definition) is 0. The number of methoxy groups -OCH3 is 1. The summed E-state index contributed by atoms with van der Waals surface area (Å²) in [7, 11) is 1.56. The van der Waals surface area contributed by atoms with Crippen LogP contribution in [-0.2, 0) is 4.74 Å². The summed E-state index contributed by atoms with van der Waals surface area (Å²) < 4.78 is 24.1. The molecule has 0 spiro atoms. The molecule has 1 aromatic carbocycles. The van der Waals surface area contributed by atoms with Crippen molar-refractivity contribution in [2.75, 3.05) is 7.11 Å². The fourth-order valence-corrected chi connectivity index (χ4v) is 1.99. The molecule has 1 aliphatic heterocycles. The van der Waals surface area contributed by atoms with Gasteiger partial charge in [0, 0.05) is 13.2 Å². The van der Waals surface area contributed by atoms with Crippen molar-refractivity contribution in [3.63, 3.8) is 0 Å². The molecule has 92 valence electrons. The summed E-state index contributed by atoms with van der Waals surface area (Å²) in [6.07, 6.45) is -0.0106. The number of fused-ring (bicyclic) bond motifs is 1. The van der Waals surface area contributed by atoms with Crippen molar-refractivity contribution in [2.45, 2.75) is 32.0 Å². The molecule has 1 aliphatic rings. The van der Waals surface area contributed by atoms with Crippen LogP contribution >= 0.6 is 0 Å². The van der Waals surface area contributed by atoms with Gasteiger partial charge in [-0.1, -0.05) is 0 Å². The fourth-order valence-electron chi connectivity index (χ4n) is 1.99. The molecule has 0 aromatic heterocycles. The Morgan fingerprint density at radius 2 is 2.24 bits per heavy atom. The summed E-state index contributed by atoms with van der Waals surface area (Å²) in [5.74, 6) is -0.156. The van der Waals surface area contributed by atoms with Crippen molar-refractivity contribution in [3.05, 3.63) is 29.6 Å². The average Bonchev–Trinajstić information content (AvgIpc) is 2.26. The Labute approximate surface area is 99.5 Å². The van der Waals surface area contributed by atoms with E-state index >= 15 is 0 Å². The molecular weight excluding hydrogens is 223 g/mol. The van der Waals surface area contributed by atoms with E-state index in [1.807, 2.05) is 6.92 Å². The minimum absolute atomic E-state index is 0.0438. The lowest BCUT2D eigenvalue weighted by Gasteiger charge is -2.38. The predicted octanol–water partition coefficient (Wildman–Crippen LogP) is 2.58. The monoisotopic (exact) mass is 238 g/mol. The molecule has 4 heteroatoms. The second-order valence-electron chi connectivity index (χ2n) is 4.53. The standard InChI is InChI=1S/C13H15FO3/c1-8(16-3)13(2)7-11(15)10-5-4-9(14)6-12(10)17-13/h4-6,8H,7H2,1-3H3. The SMILES string of the molecule is COC(C)C1(C)CC(=O)c2ccc(F)cc2O1. The largest absolute Gasteiger partial charge is 0.484 e. The number of ketones is 1. The van der Waals surface area contributed by atoms with Gasteiger partial charge in [-0.2, -0.15) is 0 Å². The second-order valence-corrected chi connectivity index (χ2v) is 4.53. The third-order valence-electron chi connectivity index (χ3n) is 3.31. The van der Waals surface area contributed by atoms with Crippen LogP contribution < -0.4 is 4.74 Å². The molecule has 0 aliphatic carbocycles. The van der Waals surface area contributed by atoms with Gasteiger partial charge in [0.2, 0.25) is 0 Å². The Morgan fingerprint density at radius 3 is 2.88 bits per heavy atom. The summed E-state index contributed by atoms with van der Waals surface area (Å²) in [6, 6.07) is 3.97. The molecule has 2 atom stereocenters. The van der Waals surface area contributed by atoms with Crippen LogP contribution in [0.15, 0.2) is 18.2 Å². The maximum absolute atomic E-state index is 13.1. The van der Waals surface area contributed by atoms with Crippen LogP contribution in [0.5, 0.6) is 5.75 Å². The first-order valence-corrected chi connectivity index (χ1v) is 5.51. The van der Waals surface area contributed by atoms with Crippen molar-refractivity contribution in [1.29, 1.82) is 0 Å². The zero-order valence-corrected chi connectivity index (χ0v) is 10.1. The van der Waals surface area contributed by atoms with Crippen LogP contribution in [0.3, 0.4) is 0 Å². The molecule has 3 nitrogen and oxygen atoms in total. The van der Waals surface area contributed by atoms with Crippen LogP contribution in [0.25, 0.3) is 0 Å². The minimum Gasteiger partial charge on any atom is -0.484 e. The highest BCUT2D eigenvalue weighted by Gasteiger charge is 2.41. The Balaban J connectivity index is 2.41. The lowest BCUT2D eigenvalue weighted by atomic mass is 9.87. The van der Waals surface area contributed by atoms with E-state index in [1.54, 1.807) is 14.0 Å². The first-order chi connectivity index (χ1) is 7.96. The molecular formula is C13H15FO3. The highest BCUT2D eigenvalue weighted by molar-refractivity contribution is 6.00. The first kappa shape index (κ1) is 12.0. The van der Waals surface area contributed by atoms with Crippen LogP contribution in [0, 0.1) is 5.82 Å². The lowest BCUT2D eigenvalue weighted by Crippen LogP contribution is -2.48. The maximum Gasteiger partial charge on any atom is 0.170 e. The Bertz CT molecular complexity index is 458. The highest BCUT2D eigenvalue weighted by Crippen LogP contribution is 2.36. The van der Waals surface area contributed by atoms with E-state index in [2.05, 4.69) is 0 Å². The van der Waals surface area contributed by atoms with Gasteiger partial charge < -0.3 is 9.47 Å². The highest BCUT2D eigenvalue weighted by atomic mass is 19.1. The number of rotatable bonds is 2. The number of carbonyl (C=O) groups is 1. The Kier molecular flexibility index (Phi) is 2.91. The van der Waals surface area contributed by atoms with Crippen molar-refractivity contribution < 1.29 is 18.7 Å². The molecule has 1 aromatic rings. The molecule has 2 rings (SSSR count). The zero-order valence-electron chi connectivity index (χ0n) is 10.1.